The fourth-order valence-corrected chi connectivity index (χ4v) is 5.80. The molecule has 166 valence electrons. The first-order valence-corrected chi connectivity index (χ1v) is 10.3. The first-order chi connectivity index (χ1) is 14.4. The molecule has 0 aliphatic heterocycles. The highest BCUT2D eigenvalue weighted by Gasteiger charge is 2.70. The summed E-state index contributed by atoms with van der Waals surface area (Å²) in [6.07, 6.45) is -4.67. The highest BCUT2D eigenvalue weighted by Crippen LogP contribution is 2.60. The molecule has 0 amide bonds. The number of alkyl halides is 3. The smallest absolute Gasteiger partial charge is 0.420 e. The average Bonchev–Trinajstić information content (AvgIpc) is 2.68. The quantitative estimate of drug-likeness (QED) is 0.675. The summed E-state index contributed by atoms with van der Waals surface area (Å²) < 4.78 is 41.7. The number of halogens is 3. The van der Waals surface area contributed by atoms with Gasteiger partial charge in [0.25, 0.3) is 0 Å². The number of hydrogen-bond acceptors (Lipinski definition) is 3. The van der Waals surface area contributed by atoms with E-state index in [2.05, 4.69) is 0 Å². The average molecular weight is 434 g/mol. The molecular formula is C24H25F3O4. The predicted molar refractivity (Wildman–Crippen MR) is 108 cm³/mol. The van der Waals surface area contributed by atoms with Gasteiger partial charge >= 0.3 is 12.1 Å². The fraction of sp³-hybridized carbons (Fsp3) is 0.458. The lowest BCUT2D eigenvalue weighted by Gasteiger charge is -2.59. The second kappa shape index (κ2) is 7.07. The summed E-state index contributed by atoms with van der Waals surface area (Å²) in [5, 5.41) is 31.0. The van der Waals surface area contributed by atoms with Crippen molar-refractivity contribution >= 4 is 5.97 Å². The monoisotopic (exact) mass is 434 g/mol. The van der Waals surface area contributed by atoms with Crippen LogP contribution in [0.25, 0.3) is 0 Å². The zero-order chi connectivity index (χ0) is 22.7. The van der Waals surface area contributed by atoms with Gasteiger partial charge in [-0.1, -0.05) is 36.4 Å². The van der Waals surface area contributed by atoms with Crippen molar-refractivity contribution < 1.29 is 33.3 Å². The van der Waals surface area contributed by atoms with E-state index in [0.29, 0.717) is 19.3 Å². The van der Waals surface area contributed by atoms with Crippen molar-refractivity contribution in [3.05, 3.63) is 70.8 Å². The Bertz CT molecular complexity index is 1000. The van der Waals surface area contributed by atoms with E-state index in [1.807, 2.05) is 30.3 Å². The summed E-state index contributed by atoms with van der Waals surface area (Å²) >= 11 is 0. The van der Waals surface area contributed by atoms with Gasteiger partial charge in [-0.25, -0.2) is 4.79 Å². The van der Waals surface area contributed by atoms with Crippen molar-refractivity contribution in [3.63, 3.8) is 0 Å². The van der Waals surface area contributed by atoms with Crippen LogP contribution in [0.5, 0.6) is 0 Å². The Kier molecular flexibility index (Phi) is 4.98. The molecule has 4 atom stereocenters. The minimum atomic E-state index is -4.97. The Morgan fingerprint density at radius 1 is 1.13 bits per heavy atom. The van der Waals surface area contributed by atoms with E-state index in [0.717, 1.165) is 23.6 Å². The summed E-state index contributed by atoms with van der Waals surface area (Å²) in [7, 11) is 0. The molecule has 0 bridgehead atoms. The number of carbonyl (C=O) groups is 1. The Balaban J connectivity index is 1.89. The van der Waals surface area contributed by atoms with Gasteiger partial charge in [-0.05, 0) is 73.8 Å². The van der Waals surface area contributed by atoms with Crippen LogP contribution in [0.3, 0.4) is 0 Å². The number of rotatable bonds is 3. The van der Waals surface area contributed by atoms with E-state index in [-0.39, 0.29) is 12.0 Å². The van der Waals surface area contributed by atoms with Crippen LogP contribution in [0, 0.1) is 5.92 Å². The van der Waals surface area contributed by atoms with Crippen molar-refractivity contribution in [3.8, 4) is 0 Å². The molecule has 4 nitrogen and oxygen atoms in total. The maximum atomic E-state index is 13.9. The van der Waals surface area contributed by atoms with Crippen molar-refractivity contribution in [1.29, 1.82) is 0 Å². The fourth-order valence-electron chi connectivity index (χ4n) is 5.80. The molecule has 4 rings (SSSR count). The summed E-state index contributed by atoms with van der Waals surface area (Å²) in [5.41, 5.74) is -3.88. The molecule has 2 aromatic carbocycles. The molecule has 1 fully saturated rings. The largest absolute Gasteiger partial charge is 0.478 e. The van der Waals surface area contributed by atoms with Crippen LogP contribution in [-0.4, -0.2) is 38.7 Å². The van der Waals surface area contributed by atoms with Gasteiger partial charge in [0.1, 0.15) is 5.60 Å². The van der Waals surface area contributed by atoms with Crippen molar-refractivity contribution in [2.45, 2.75) is 61.8 Å². The van der Waals surface area contributed by atoms with Crippen LogP contribution in [-0.2, 0) is 18.3 Å². The van der Waals surface area contributed by atoms with Gasteiger partial charge in [-0.3, -0.25) is 0 Å². The van der Waals surface area contributed by atoms with E-state index in [1.54, 1.807) is 12.1 Å². The number of aryl methyl sites for hydroxylation is 1. The molecule has 7 heteroatoms. The molecular weight excluding hydrogens is 409 g/mol. The SMILES string of the molecule is CC1(O)CC2(Cc3ccccc3)c3ccc(C(=O)O)cc3CCC2CC1(O)C(F)(F)F. The Morgan fingerprint density at radius 3 is 2.42 bits per heavy atom. The normalized spacial score (nSPS) is 32.8. The van der Waals surface area contributed by atoms with Gasteiger partial charge in [-0.2, -0.15) is 13.2 Å². The zero-order valence-corrected chi connectivity index (χ0v) is 17.1. The second-order valence-corrected chi connectivity index (χ2v) is 9.24. The third-order valence-electron chi connectivity index (χ3n) is 7.36. The first kappa shape index (κ1) is 21.8. The van der Waals surface area contributed by atoms with Gasteiger partial charge < -0.3 is 15.3 Å². The van der Waals surface area contributed by atoms with Crippen LogP contribution in [0.15, 0.2) is 48.5 Å². The third-order valence-corrected chi connectivity index (χ3v) is 7.36. The Hall–Kier alpha value is -2.38. The number of fused-ring (bicyclic) bond motifs is 3. The van der Waals surface area contributed by atoms with Gasteiger partial charge in [0.15, 0.2) is 5.60 Å². The lowest BCUT2D eigenvalue weighted by molar-refractivity contribution is -0.338. The molecule has 2 aliphatic rings. The molecule has 0 radical (unpaired) electrons. The number of carboxylic acids is 1. The summed E-state index contributed by atoms with van der Waals surface area (Å²) in [4.78, 5) is 11.4. The molecule has 2 aliphatic carbocycles. The standard InChI is InChI=1S/C24H25F3O4/c1-21(30)14-22(12-15-5-3-2-4-6-15)18(13-23(21,31)24(25,26)27)9-7-16-11-17(20(28)29)8-10-19(16)22/h2-6,8,10-11,18,30-31H,7,9,12-14H2,1H3,(H,28,29). The second-order valence-electron chi connectivity index (χ2n) is 9.24. The maximum absolute atomic E-state index is 13.9. The van der Waals surface area contributed by atoms with E-state index < -0.39 is 41.1 Å². The molecule has 3 N–H and O–H groups in total. The van der Waals surface area contributed by atoms with Gasteiger partial charge in [0, 0.05) is 5.41 Å². The van der Waals surface area contributed by atoms with Crippen molar-refractivity contribution in [1.82, 2.24) is 0 Å². The maximum Gasteiger partial charge on any atom is 0.420 e. The predicted octanol–water partition coefficient (Wildman–Crippen LogP) is 4.27. The van der Waals surface area contributed by atoms with Gasteiger partial charge in [-0.15, -0.1) is 0 Å². The summed E-state index contributed by atoms with van der Waals surface area (Å²) in [6.45, 7) is 1.06. The molecule has 0 saturated heterocycles. The zero-order valence-electron chi connectivity index (χ0n) is 17.1. The highest BCUT2D eigenvalue weighted by atomic mass is 19.4. The molecule has 1 saturated carbocycles. The van der Waals surface area contributed by atoms with Crippen LogP contribution >= 0.6 is 0 Å². The first-order valence-electron chi connectivity index (χ1n) is 10.3. The molecule has 4 unspecified atom stereocenters. The van der Waals surface area contributed by atoms with Gasteiger partial charge in [0.05, 0.1) is 5.56 Å². The Morgan fingerprint density at radius 2 is 1.81 bits per heavy atom. The molecule has 0 aromatic heterocycles. The lowest BCUT2D eigenvalue weighted by Crippen LogP contribution is -2.69. The molecule has 31 heavy (non-hydrogen) atoms. The van der Waals surface area contributed by atoms with Crippen LogP contribution < -0.4 is 0 Å². The number of benzene rings is 2. The number of hydrogen-bond donors (Lipinski definition) is 3. The summed E-state index contributed by atoms with van der Waals surface area (Å²) in [6, 6.07) is 14.1. The molecule has 0 spiro atoms. The molecule has 0 heterocycles. The number of carboxylic acid groups (broad SMARTS) is 1. The lowest BCUT2D eigenvalue weighted by atomic mass is 9.49. The minimum absolute atomic E-state index is 0.126. The van der Waals surface area contributed by atoms with E-state index in [1.165, 1.54) is 6.07 Å². The van der Waals surface area contributed by atoms with Crippen LogP contribution in [0.1, 0.15) is 53.2 Å². The van der Waals surface area contributed by atoms with Gasteiger partial charge in [0.2, 0.25) is 0 Å². The summed E-state index contributed by atoms with van der Waals surface area (Å²) in [5.74, 6) is -1.59. The van der Waals surface area contributed by atoms with E-state index in [9.17, 15) is 33.3 Å². The molecule has 2 aromatic rings. The third kappa shape index (κ3) is 3.34. The minimum Gasteiger partial charge on any atom is -0.478 e. The Labute approximate surface area is 178 Å². The van der Waals surface area contributed by atoms with Crippen molar-refractivity contribution in [2.24, 2.45) is 5.92 Å². The van der Waals surface area contributed by atoms with E-state index >= 15 is 0 Å². The van der Waals surface area contributed by atoms with Crippen LogP contribution in [0.4, 0.5) is 13.2 Å². The van der Waals surface area contributed by atoms with E-state index in [4.69, 9.17) is 0 Å². The van der Waals surface area contributed by atoms with Crippen LogP contribution in [0.2, 0.25) is 0 Å². The topological polar surface area (TPSA) is 77.8 Å². The highest BCUT2D eigenvalue weighted by molar-refractivity contribution is 5.88. The van der Waals surface area contributed by atoms with Crippen molar-refractivity contribution in [2.75, 3.05) is 0 Å². The number of aliphatic hydroxyl groups is 2. The number of aromatic carboxylic acids is 1.